The molecular weight excluding hydrogens is 350 g/mol. The first-order valence-electron chi connectivity index (χ1n) is 11.4. The first-order valence-corrected chi connectivity index (χ1v) is 11.4. The van der Waals surface area contributed by atoms with Crippen LogP contribution >= 0.6 is 0 Å². The van der Waals surface area contributed by atoms with E-state index in [0.717, 1.165) is 51.7 Å². The van der Waals surface area contributed by atoms with Crippen LogP contribution in [-0.2, 0) is 22.3 Å². The molecule has 28 heavy (non-hydrogen) atoms. The molecule has 1 aromatic carbocycles. The molecule has 0 aromatic heterocycles. The van der Waals surface area contributed by atoms with Crippen molar-refractivity contribution in [2.75, 3.05) is 19.8 Å². The van der Waals surface area contributed by atoms with E-state index in [-0.39, 0.29) is 12.1 Å². The van der Waals surface area contributed by atoms with Gasteiger partial charge in [0, 0.05) is 5.54 Å². The number of aliphatic hydroxyl groups excluding tert-OH is 1. The SMILES string of the molecule is N[C@]1(CO)CC[C@H](c2ccc3c(c2)CC[C@H](OCCOC2CCCCC2)C3)C1. The van der Waals surface area contributed by atoms with Crippen LogP contribution in [0.1, 0.15) is 80.4 Å². The van der Waals surface area contributed by atoms with E-state index in [4.69, 9.17) is 15.2 Å². The lowest BCUT2D eigenvalue weighted by Crippen LogP contribution is -2.40. The second-order valence-electron chi connectivity index (χ2n) is 9.35. The van der Waals surface area contributed by atoms with Gasteiger partial charge in [0.15, 0.2) is 0 Å². The second-order valence-corrected chi connectivity index (χ2v) is 9.35. The van der Waals surface area contributed by atoms with Gasteiger partial charge in [-0.15, -0.1) is 0 Å². The summed E-state index contributed by atoms with van der Waals surface area (Å²) in [5.41, 5.74) is 10.2. The normalized spacial score (nSPS) is 31.1. The van der Waals surface area contributed by atoms with Gasteiger partial charge in [0.05, 0.1) is 32.0 Å². The lowest BCUT2D eigenvalue weighted by Gasteiger charge is -2.27. The van der Waals surface area contributed by atoms with Gasteiger partial charge in [-0.2, -0.15) is 0 Å². The van der Waals surface area contributed by atoms with Crippen LogP contribution in [0.4, 0.5) is 0 Å². The fourth-order valence-electron chi connectivity index (χ4n) is 5.38. The molecule has 0 amide bonds. The van der Waals surface area contributed by atoms with Gasteiger partial charge in [-0.25, -0.2) is 0 Å². The van der Waals surface area contributed by atoms with Crippen molar-refractivity contribution in [1.82, 2.24) is 0 Å². The third-order valence-corrected chi connectivity index (χ3v) is 7.19. The molecule has 3 N–H and O–H groups in total. The Bertz CT molecular complexity index is 643. The zero-order valence-corrected chi connectivity index (χ0v) is 17.2. The Balaban J connectivity index is 1.24. The van der Waals surface area contributed by atoms with Crippen molar-refractivity contribution in [3.63, 3.8) is 0 Å². The summed E-state index contributed by atoms with van der Waals surface area (Å²) in [7, 11) is 0. The highest BCUT2D eigenvalue weighted by Gasteiger charge is 2.36. The second kappa shape index (κ2) is 9.25. The number of hydrogen-bond acceptors (Lipinski definition) is 4. The van der Waals surface area contributed by atoms with Crippen molar-refractivity contribution < 1.29 is 14.6 Å². The van der Waals surface area contributed by atoms with Gasteiger partial charge in [-0.1, -0.05) is 37.5 Å². The molecule has 3 aliphatic rings. The van der Waals surface area contributed by atoms with Gasteiger partial charge in [0.25, 0.3) is 0 Å². The molecule has 0 saturated heterocycles. The zero-order valence-electron chi connectivity index (χ0n) is 17.2. The Morgan fingerprint density at radius 3 is 2.50 bits per heavy atom. The van der Waals surface area contributed by atoms with Crippen LogP contribution in [0.5, 0.6) is 0 Å². The van der Waals surface area contributed by atoms with Crippen LogP contribution in [0, 0.1) is 0 Å². The number of ether oxygens (including phenoxy) is 2. The molecule has 156 valence electrons. The Morgan fingerprint density at radius 2 is 1.75 bits per heavy atom. The molecule has 0 bridgehead atoms. The number of fused-ring (bicyclic) bond motifs is 1. The summed E-state index contributed by atoms with van der Waals surface area (Å²) in [4.78, 5) is 0. The predicted molar refractivity (Wildman–Crippen MR) is 112 cm³/mol. The minimum absolute atomic E-state index is 0.0952. The lowest BCUT2D eigenvalue weighted by molar-refractivity contribution is -0.0346. The minimum atomic E-state index is -0.376. The topological polar surface area (TPSA) is 64.7 Å². The van der Waals surface area contributed by atoms with Gasteiger partial charge in [-0.3, -0.25) is 0 Å². The number of rotatable bonds is 7. The van der Waals surface area contributed by atoms with Gasteiger partial charge in [-0.05, 0) is 74.0 Å². The largest absolute Gasteiger partial charge is 0.394 e. The van der Waals surface area contributed by atoms with E-state index in [1.54, 1.807) is 0 Å². The maximum absolute atomic E-state index is 9.53. The van der Waals surface area contributed by atoms with E-state index < -0.39 is 0 Å². The van der Waals surface area contributed by atoms with Crippen LogP contribution in [-0.4, -0.2) is 42.7 Å². The number of hydrogen-bond donors (Lipinski definition) is 2. The Kier molecular flexibility index (Phi) is 6.72. The van der Waals surface area contributed by atoms with E-state index in [0.29, 0.717) is 18.1 Å². The highest BCUT2D eigenvalue weighted by atomic mass is 16.5. The highest BCUT2D eigenvalue weighted by molar-refractivity contribution is 5.36. The molecule has 3 atom stereocenters. The summed E-state index contributed by atoms with van der Waals surface area (Å²) in [6.45, 7) is 1.55. The number of aliphatic hydroxyl groups is 1. The monoisotopic (exact) mass is 387 g/mol. The summed E-state index contributed by atoms with van der Waals surface area (Å²) < 4.78 is 12.1. The van der Waals surface area contributed by atoms with Crippen molar-refractivity contribution in [1.29, 1.82) is 0 Å². The van der Waals surface area contributed by atoms with Gasteiger partial charge < -0.3 is 20.3 Å². The van der Waals surface area contributed by atoms with Crippen LogP contribution < -0.4 is 5.73 Å². The van der Waals surface area contributed by atoms with Crippen molar-refractivity contribution in [3.8, 4) is 0 Å². The van der Waals surface area contributed by atoms with Crippen molar-refractivity contribution in [2.24, 2.45) is 5.73 Å². The quantitative estimate of drug-likeness (QED) is 0.697. The average molecular weight is 388 g/mol. The van der Waals surface area contributed by atoms with E-state index in [9.17, 15) is 5.11 Å². The fraction of sp³-hybridized carbons (Fsp3) is 0.750. The number of aryl methyl sites for hydroxylation is 1. The Morgan fingerprint density at radius 1 is 0.964 bits per heavy atom. The Labute approximate surface area is 169 Å². The predicted octanol–water partition coefficient (Wildman–Crippen LogP) is 3.87. The molecule has 4 rings (SSSR count). The summed E-state index contributed by atoms with van der Waals surface area (Å²) in [6, 6.07) is 6.97. The molecule has 1 aromatic rings. The molecule has 2 fully saturated rings. The van der Waals surface area contributed by atoms with Crippen LogP contribution in [0.25, 0.3) is 0 Å². The van der Waals surface area contributed by atoms with Crippen molar-refractivity contribution >= 4 is 0 Å². The number of nitrogens with two attached hydrogens (primary N) is 1. The van der Waals surface area contributed by atoms with Gasteiger partial charge in [0.2, 0.25) is 0 Å². The van der Waals surface area contributed by atoms with Crippen LogP contribution in [0.3, 0.4) is 0 Å². The molecule has 0 heterocycles. The molecule has 4 heteroatoms. The van der Waals surface area contributed by atoms with E-state index in [1.165, 1.54) is 48.8 Å². The summed E-state index contributed by atoms with van der Waals surface area (Å²) in [5.74, 6) is 0.494. The maximum Gasteiger partial charge on any atom is 0.0704 e. The van der Waals surface area contributed by atoms with Crippen LogP contribution in [0.15, 0.2) is 18.2 Å². The molecular formula is C24H37NO3. The number of benzene rings is 1. The molecule has 0 aliphatic heterocycles. The summed E-state index contributed by atoms with van der Waals surface area (Å²) in [5, 5.41) is 9.53. The highest BCUT2D eigenvalue weighted by Crippen LogP contribution is 2.40. The van der Waals surface area contributed by atoms with Gasteiger partial charge >= 0.3 is 0 Å². The smallest absolute Gasteiger partial charge is 0.0704 e. The fourth-order valence-corrected chi connectivity index (χ4v) is 5.38. The third-order valence-electron chi connectivity index (χ3n) is 7.19. The van der Waals surface area contributed by atoms with E-state index in [2.05, 4.69) is 18.2 Å². The maximum atomic E-state index is 9.53. The third kappa shape index (κ3) is 4.96. The molecule has 2 saturated carbocycles. The molecule has 3 aliphatic carbocycles. The Hall–Kier alpha value is -0.940. The van der Waals surface area contributed by atoms with Crippen molar-refractivity contribution in [3.05, 3.63) is 34.9 Å². The molecule has 0 spiro atoms. The molecule has 0 unspecified atom stereocenters. The van der Waals surface area contributed by atoms with Crippen LogP contribution in [0.2, 0.25) is 0 Å². The summed E-state index contributed by atoms with van der Waals surface area (Å²) in [6.07, 6.45) is 13.4. The standard InChI is InChI=1S/C24H37NO3/c25-24(17-26)11-10-21(16-24)19-6-7-20-15-23(9-8-18(20)14-19)28-13-12-27-22-4-2-1-3-5-22/h6-7,14,21-23,26H,1-5,8-13,15-17,25H2/t21-,23-,24+/m0/s1. The molecule has 0 radical (unpaired) electrons. The first kappa shape index (κ1) is 20.3. The first-order chi connectivity index (χ1) is 13.6. The lowest BCUT2D eigenvalue weighted by atomic mass is 9.85. The minimum Gasteiger partial charge on any atom is -0.394 e. The van der Waals surface area contributed by atoms with Crippen molar-refractivity contribution in [2.45, 2.75) is 94.3 Å². The van der Waals surface area contributed by atoms with Gasteiger partial charge in [0.1, 0.15) is 0 Å². The average Bonchev–Trinajstić information content (AvgIpc) is 3.14. The molecule has 4 nitrogen and oxygen atoms in total. The summed E-state index contributed by atoms with van der Waals surface area (Å²) >= 11 is 0. The zero-order chi connectivity index (χ0) is 19.4. The van der Waals surface area contributed by atoms with E-state index in [1.807, 2.05) is 0 Å². The van der Waals surface area contributed by atoms with E-state index >= 15 is 0 Å².